The second-order valence-electron chi connectivity index (χ2n) is 5.74. The normalized spacial score (nSPS) is 11.4. The molecule has 0 saturated heterocycles. The molecule has 0 unspecified atom stereocenters. The predicted octanol–water partition coefficient (Wildman–Crippen LogP) is 3.18. The molecule has 0 atom stereocenters. The highest BCUT2D eigenvalue weighted by Crippen LogP contribution is 2.25. The van der Waals surface area contributed by atoms with Gasteiger partial charge in [0.25, 0.3) is 0 Å². The predicted molar refractivity (Wildman–Crippen MR) is 70.9 cm³/mol. The van der Waals surface area contributed by atoms with Crippen molar-refractivity contribution in [1.29, 1.82) is 0 Å². The van der Waals surface area contributed by atoms with Gasteiger partial charge in [-0.2, -0.15) is 0 Å². The maximum absolute atomic E-state index is 11.2. The van der Waals surface area contributed by atoms with Crippen LogP contribution in [0.2, 0.25) is 0 Å². The molecule has 1 aromatic rings. The molecule has 0 aliphatic heterocycles. The summed E-state index contributed by atoms with van der Waals surface area (Å²) in [6, 6.07) is 5.43. The highest BCUT2D eigenvalue weighted by atomic mass is 16.4. The van der Waals surface area contributed by atoms with Crippen molar-refractivity contribution in [3.05, 3.63) is 29.3 Å². The van der Waals surface area contributed by atoms with Gasteiger partial charge in [0, 0.05) is 13.6 Å². The second-order valence-corrected chi connectivity index (χ2v) is 5.74. The van der Waals surface area contributed by atoms with Crippen LogP contribution in [0.5, 0.6) is 0 Å². The number of hydrogen-bond donors (Lipinski definition) is 1. The summed E-state index contributed by atoms with van der Waals surface area (Å²) in [5, 5.41) is 9.18. The van der Waals surface area contributed by atoms with Crippen molar-refractivity contribution in [2.75, 3.05) is 18.5 Å². The Morgan fingerprint density at radius 3 is 2.41 bits per heavy atom. The summed E-state index contributed by atoms with van der Waals surface area (Å²) in [4.78, 5) is 13.2. The first-order chi connectivity index (χ1) is 7.70. The third-order valence-electron chi connectivity index (χ3n) is 2.51. The Balaban J connectivity index is 3.10. The Labute approximate surface area is 103 Å². The molecule has 94 valence electrons. The van der Waals surface area contributed by atoms with Crippen molar-refractivity contribution in [2.45, 2.75) is 27.7 Å². The summed E-state index contributed by atoms with van der Waals surface area (Å²) in [7, 11) is 1.94. The van der Waals surface area contributed by atoms with E-state index >= 15 is 0 Å². The molecular weight excluding hydrogens is 214 g/mol. The van der Waals surface area contributed by atoms with Crippen LogP contribution in [-0.4, -0.2) is 24.7 Å². The van der Waals surface area contributed by atoms with Crippen LogP contribution in [-0.2, 0) is 0 Å². The van der Waals surface area contributed by atoms with Gasteiger partial charge in [-0.3, -0.25) is 0 Å². The average Bonchev–Trinajstić information content (AvgIpc) is 2.14. The van der Waals surface area contributed by atoms with Gasteiger partial charge in [0.1, 0.15) is 0 Å². The minimum atomic E-state index is -0.874. The number of aryl methyl sites for hydroxylation is 1. The van der Waals surface area contributed by atoms with Crippen LogP contribution < -0.4 is 4.90 Å². The molecule has 0 radical (unpaired) electrons. The molecule has 0 aromatic heterocycles. The summed E-state index contributed by atoms with van der Waals surface area (Å²) < 4.78 is 0. The Morgan fingerprint density at radius 2 is 1.94 bits per heavy atom. The zero-order valence-electron chi connectivity index (χ0n) is 11.2. The SMILES string of the molecule is Cc1ccc(C(=O)O)c(N(C)CC(C)(C)C)c1. The fraction of sp³-hybridized carbons (Fsp3) is 0.500. The lowest BCUT2D eigenvalue weighted by Crippen LogP contribution is -2.30. The molecule has 1 N–H and O–H groups in total. The van der Waals surface area contributed by atoms with E-state index in [-0.39, 0.29) is 5.41 Å². The zero-order valence-corrected chi connectivity index (χ0v) is 11.2. The number of aromatic carboxylic acids is 1. The van der Waals surface area contributed by atoms with Crippen LogP contribution in [0.3, 0.4) is 0 Å². The number of anilines is 1. The molecule has 0 aliphatic carbocycles. The van der Waals surface area contributed by atoms with Crippen molar-refractivity contribution >= 4 is 11.7 Å². The zero-order chi connectivity index (χ0) is 13.2. The molecular formula is C14H21NO2. The standard InChI is InChI=1S/C14H21NO2/c1-10-6-7-11(13(16)17)12(8-10)15(5)9-14(2,3)4/h6-8H,9H2,1-5H3,(H,16,17). The summed E-state index contributed by atoms with van der Waals surface area (Å²) in [6.45, 7) is 9.20. The van der Waals surface area contributed by atoms with Gasteiger partial charge in [-0.05, 0) is 30.0 Å². The number of rotatable bonds is 3. The fourth-order valence-electron chi connectivity index (χ4n) is 1.94. The van der Waals surface area contributed by atoms with E-state index in [1.807, 2.05) is 31.0 Å². The third-order valence-corrected chi connectivity index (χ3v) is 2.51. The molecule has 0 saturated carbocycles. The van der Waals surface area contributed by atoms with Gasteiger partial charge < -0.3 is 10.0 Å². The van der Waals surface area contributed by atoms with E-state index < -0.39 is 5.97 Å². The molecule has 1 rings (SSSR count). The molecule has 1 aromatic carbocycles. The summed E-state index contributed by atoms with van der Waals surface area (Å²) >= 11 is 0. The second kappa shape index (κ2) is 4.78. The largest absolute Gasteiger partial charge is 0.478 e. The maximum Gasteiger partial charge on any atom is 0.337 e. The van der Waals surface area contributed by atoms with E-state index in [4.69, 9.17) is 0 Å². The van der Waals surface area contributed by atoms with Crippen LogP contribution in [0.1, 0.15) is 36.7 Å². The van der Waals surface area contributed by atoms with Crippen LogP contribution in [0.25, 0.3) is 0 Å². The third kappa shape index (κ3) is 3.77. The quantitative estimate of drug-likeness (QED) is 0.874. The fourth-order valence-corrected chi connectivity index (χ4v) is 1.94. The number of carboxylic acid groups (broad SMARTS) is 1. The Morgan fingerprint density at radius 1 is 1.35 bits per heavy atom. The van der Waals surface area contributed by atoms with Gasteiger partial charge in [-0.15, -0.1) is 0 Å². The number of hydrogen-bond acceptors (Lipinski definition) is 2. The minimum Gasteiger partial charge on any atom is -0.478 e. The van der Waals surface area contributed by atoms with Gasteiger partial charge in [0.05, 0.1) is 11.3 Å². The summed E-state index contributed by atoms with van der Waals surface area (Å²) in [5.74, 6) is -0.874. The van der Waals surface area contributed by atoms with E-state index in [1.165, 1.54) is 0 Å². The number of carbonyl (C=O) groups is 1. The first-order valence-corrected chi connectivity index (χ1v) is 5.76. The summed E-state index contributed by atoms with van der Waals surface area (Å²) in [5.41, 5.74) is 2.36. The molecule has 0 heterocycles. The Bertz CT molecular complexity index is 419. The van der Waals surface area contributed by atoms with Gasteiger partial charge >= 0.3 is 5.97 Å². The van der Waals surface area contributed by atoms with Crippen LogP contribution in [0, 0.1) is 12.3 Å². The highest BCUT2D eigenvalue weighted by molar-refractivity contribution is 5.94. The lowest BCUT2D eigenvalue weighted by atomic mass is 9.95. The van der Waals surface area contributed by atoms with E-state index in [1.54, 1.807) is 6.07 Å². The number of carboxylic acids is 1. The molecule has 3 nitrogen and oxygen atoms in total. The lowest BCUT2D eigenvalue weighted by molar-refractivity contribution is 0.0697. The van der Waals surface area contributed by atoms with Crippen molar-refractivity contribution in [3.63, 3.8) is 0 Å². The number of benzene rings is 1. The molecule has 17 heavy (non-hydrogen) atoms. The number of nitrogens with zero attached hydrogens (tertiary/aromatic N) is 1. The van der Waals surface area contributed by atoms with E-state index in [0.29, 0.717) is 5.56 Å². The topological polar surface area (TPSA) is 40.5 Å². The monoisotopic (exact) mass is 235 g/mol. The summed E-state index contributed by atoms with van der Waals surface area (Å²) in [6.07, 6.45) is 0. The van der Waals surface area contributed by atoms with Crippen LogP contribution in [0.15, 0.2) is 18.2 Å². The average molecular weight is 235 g/mol. The van der Waals surface area contributed by atoms with Gasteiger partial charge in [-0.1, -0.05) is 26.8 Å². The van der Waals surface area contributed by atoms with Crippen LogP contribution >= 0.6 is 0 Å². The lowest BCUT2D eigenvalue weighted by Gasteiger charge is -2.29. The van der Waals surface area contributed by atoms with Gasteiger partial charge in [-0.25, -0.2) is 4.79 Å². The van der Waals surface area contributed by atoms with Gasteiger partial charge in [0.15, 0.2) is 0 Å². The van der Waals surface area contributed by atoms with E-state index in [9.17, 15) is 9.90 Å². The smallest absolute Gasteiger partial charge is 0.337 e. The van der Waals surface area contributed by atoms with E-state index in [2.05, 4.69) is 20.8 Å². The van der Waals surface area contributed by atoms with E-state index in [0.717, 1.165) is 17.8 Å². The van der Waals surface area contributed by atoms with Crippen LogP contribution in [0.4, 0.5) is 5.69 Å². The van der Waals surface area contributed by atoms with Crippen molar-refractivity contribution < 1.29 is 9.90 Å². The maximum atomic E-state index is 11.2. The Hall–Kier alpha value is -1.51. The molecule has 0 amide bonds. The minimum absolute atomic E-state index is 0.133. The van der Waals surface area contributed by atoms with Crippen molar-refractivity contribution in [2.24, 2.45) is 5.41 Å². The molecule has 0 fully saturated rings. The van der Waals surface area contributed by atoms with Crippen molar-refractivity contribution in [1.82, 2.24) is 0 Å². The first-order valence-electron chi connectivity index (χ1n) is 5.76. The molecule has 0 aliphatic rings. The van der Waals surface area contributed by atoms with Crippen molar-refractivity contribution in [3.8, 4) is 0 Å². The Kier molecular flexibility index (Phi) is 3.81. The molecule has 0 spiro atoms. The molecule has 3 heteroatoms. The first kappa shape index (κ1) is 13.6. The molecule has 0 bridgehead atoms. The highest BCUT2D eigenvalue weighted by Gasteiger charge is 2.18. The van der Waals surface area contributed by atoms with Gasteiger partial charge in [0.2, 0.25) is 0 Å².